The van der Waals surface area contributed by atoms with Crippen LogP contribution in [0.3, 0.4) is 0 Å². The highest BCUT2D eigenvalue weighted by Crippen LogP contribution is 2.25. The van der Waals surface area contributed by atoms with E-state index >= 15 is 0 Å². The first-order valence-corrected chi connectivity index (χ1v) is 6.06. The van der Waals surface area contributed by atoms with Gasteiger partial charge in [0.1, 0.15) is 5.02 Å². The van der Waals surface area contributed by atoms with Gasteiger partial charge in [-0.25, -0.2) is 0 Å². The molecule has 0 aliphatic rings. The topological polar surface area (TPSA) is 59.5 Å². The van der Waals surface area contributed by atoms with Gasteiger partial charge < -0.3 is 4.42 Å². The molecule has 0 bridgehead atoms. The Bertz CT molecular complexity index is 569. The monoisotopic (exact) mass is 280 g/mol. The lowest BCUT2D eigenvalue weighted by molar-refractivity contribution is -0.384. The minimum absolute atomic E-state index is 0.0594. The minimum Gasteiger partial charge on any atom is -0.472 e. The molecule has 0 radical (unpaired) electrons. The fourth-order valence-electron chi connectivity index (χ4n) is 1.86. The highest BCUT2D eigenvalue weighted by molar-refractivity contribution is 6.32. The molecule has 0 atom stereocenters. The molecule has 1 aromatic carbocycles. The standard InChI is InChI=1S/C13H13ClN2O3/c1-15(8-11-4-5-19-9-11)7-10-2-3-12(14)13(6-10)16(17)18/h2-6,9H,7-8H2,1H3. The average molecular weight is 281 g/mol. The summed E-state index contributed by atoms with van der Waals surface area (Å²) in [5.74, 6) is 0. The Balaban J connectivity index is 2.06. The van der Waals surface area contributed by atoms with Crippen LogP contribution in [-0.2, 0) is 13.1 Å². The van der Waals surface area contributed by atoms with Crippen LogP contribution in [0.5, 0.6) is 0 Å². The zero-order valence-electron chi connectivity index (χ0n) is 10.4. The van der Waals surface area contributed by atoms with E-state index in [1.807, 2.05) is 18.0 Å². The maximum Gasteiger partial charge on any atom is 0.288 e. The molecule has 0 saturated carbocycles. The summed E-state index contributed by atoms with van der Waals surface area (Å²) in [7, 11) is 1.94. The number of furan rings is 1. The Morgan fingerprint density at radius 2 is 2.05 bits per heavy atom. The lowest BCUT2D eigenvalue weighted by atomic mass is 10.2. The van der Waals surface area contributed by atoms with Gasteiger partial charge in [-0.1, -0.05) is 17.7 Å². The molecule has 19 heavy (non-hydrogen) atoms. The Hall–Kier alpha value is -1.85. The molecule has 5 nitrogen and oxygen atoms in total. The van der Waals surface area contributed by atoms with Gasteiger partial charge in [-0.3, -0.25) is 15.0 Å². The summed E-state index contributed by atoms with van der Waals surface area (Å²) in [6.07, 6.45) is 3.30. The number of hydrogen-bond acceptors (Lipinski definition) is 4. The molecule has 1 heterocycles. The van der Waals surface area contributed by atoms with Crippen molar-refractivity contribution in [1.29, 1.82) is 0 Å². The van der Waals surface area contributed by atoms with Crippen LogP contribution in [0, 0.1) is 10.1 Å². The summed E-state index contributed by atoms with van der Waals surface area (Å²) < 4.78 is 5.00. The van der Waals surface area contributed by atoms with Crippen LogP contribution in [0.25, 0.3) is 0 Å². The second kappa shape index (κ2) is 5.86. The number of halogens is 1. The van der Waals surface area contributed by atoms with E-state index in [0.717, 1.165) is 11.1 Å². The number of nitrogens with zero attached hydrogens (tertiary/aromatic N) is 2. The molecule has 6 heteroatoms. The molecule has 100 valence electrons. The summed E-state index contributed by atoms with van der Waals surface area (Å²) >= 11 is 5.78. The summed E-state index contributed by atoms with van der Waals surface area (Å²) in [5.41, 5.74) is 1.85. The highest BCUT2D eigenvalue weighted by atomic mass is 35.5. The zero-order chi connectivity index (χ0) is 13.8. The van der Waals surface area contributed by atoms with Crippen LogP contribution in [0.2, 0.25) is 5.02 Å². The number of rotatable bonds is 5. The first-order chi connectivity index (χ1) is 9.06. The summed E-state index contributed by atoms with van der Waals surface area (Å²) in [6, 6.07) is 6.75. The van der Waals surface area contributed by atoms with Crippen molar-refractivity contribution in [3.63, 3.8) is 0 Å². The van der Waals surface area contributed by atoms with E-state index in [-0.39, 0.29) is 10.7 Å². The van der Waals surface area contributed by atoms with Gasteiger partial charge in [0.15, 0.2) is 0 Å². The molecule has 0 unspecified atom stereocenters. The van der Waals surface area contributed by atoms with E-state index in [0.29, 0.717) is 13.1 Å². The van der Waals surface area contributed by atoms with Crippen molar-refractivity contribution in [2.24, 2.45) is 0 Å². The van der Waals surface area contributed by atoms with Crippen molar-refractivity contribution in [3.8, 4) is 0 Å². The molecule has 0 spiro atoms. The molecule has 0 aliphatic carbocycles. The van der Waals surface area contributed by atoms with Gasteiger partial charge >= 0.3 is 0 Å². The first kappa shape index (κ1) is 13.6. The van der Waals surface area contributed by atoms with Gasteiger partial charge in [0.25, 0.3) is 5.69 Å². The highest BCUT2D eigenvalue weighted by Gasteiger charge is 2.13. The van der Waals surface area contributed by atoms with Crippen LogP contribution >= 0.6 is 11.6 Å². The molecule has 0 amide bonds. The lowest BCUT2D eigenvalue weighted by Crippen LogP contribution is -2.16. The smallest absolute Gasteiger partial charge is 0.288 e. The Kier molecular flexibility index (Phi) is 4.19. The van der Waals surface area contributed by atoms with E-state index in [9.17, 15) is 10.1 Å². The number of nitro groups is 1. The van der Waals surface area contributed by atoms with Gasteiger partial charge in [-0.15, -0.1) is 0 Å². The van der Waals surface area contributed by atoms with Gasteiger partial charge in [0, 0.05) is 24.7 Å². The second-order valence-corrected chi connectivity index (χ2v) is 4.75. The van der Waals surface area contributed by atoms with Crippen LogP contribution in [0.4, 0.5) is 5.69 Å². The summed E-state index contributed by atoms with van der Waals surface area (Å²) in [4.78, 5) is 12.4. The van der Waals surface area contributed by atoms with Crippen molar-refractivity contribution in [3.05, 3.63) is 63.1 Å². The van der Waals surface area contributed by atoms with Crippen LogP contribution in [0.15, 0.2) is 41.2 Å². The fourth-order valence-corrected chi connectivity index (χ4v) is 2.04. The average Bonchev–Trinajstić information content (AvgIpc) is 2.84. The predicted octanol–water partition coefficient (Wildman–Crippen LogP) is 3.47. The number of benzene rings is 1. The Morgan fingerprint density at radius 3 is 2.68 bits per heavy atom. The first-order valence-electron chi connectivity index (χ1n) is 5.68. The molecule has 2 rings (SSSR count). The van der Waals surface area contributed by atoms with E-state index < -0.39 is 4.92 Å². The van der Waals surface area contributed by atoms with Crippen molar-refractivity contribution in [1.82, 2.24) is 4.90 Å². The van der Waals surface area contributed by atoms with E-state index in [2.05, 4.69) is 0 Å². The molecular formula is C13H13ClN2O3. The maximum atomic E-state index is 10.8. The molecule has 0 saturated heterocycles. The van der Waals surface area contributed by atoms with Gasteiger partial charge in [0.2, 0.25) is 0 Å². The Morgan fingerprint density at radius 1 is 1.32 bits per heavy atom. The van der Waals surface area contributed by atoms with Crippen molar-refractivity contribution >= 4 is 17.3 Å². The fraction of sp³-hybridized carbons (Fsp3) is 0.231. The lowest BCUT2D eigenvalue weighted by Gasteiger charge is -2.15. The van der Waals surface area contributed by atoms with Crippen LogP contribution in [0.1, 0.15) is 11.1 Å². The van der Waals surface area contributed by atoms with Crippen molar-refractivity contribution in [2.45, 2.75) is 13.1 Å². The van der Waals surface area contributed by atoms with Gasteiger partial charge in [0.05, 0.1) is 17.4 Å². The van der Waals surface area contributed by atoms with E-state index in [4.69, 9.17) is 16.0 Å². The molecule has 0 fully saturated rings. The van der Waals surface area contributed by atoms with Crippen LogP contribution in [-0.4, -0.2) is 16.9 Å². The van der Waals surface area contributed by atoms with Crippen molar-refractivity contribution in [2.75, 3.05) is 7.05 Å². The molecule has 1 aromatic heterocycles. The summed E-state index contributed by atoms with van der Waals surface area (Å²) in [5, 5.41) is 11.0. The van der Waals surface area contributed by atoms with Crippen molar-refractivity contribution < 1.29 is 9.34 Å². The quantitative estimate of drug-likeness (QED) is 0.621. The van der Waals surface area contributed by atoms with E-state index in [1.165, 1.54) is 6.07 Å². The maximum absolute atomic E-state index is 10.8. The number of nitro benzene ring substituents is 1. The van der Waals surface area contributed by atoms with Gasteiger partial charge in [-0.05, 0) is 24.7 Å². The van der Waals surface area contributed by atoms with E-state index in [1.54, 1.807) is 24.7 Å². The molecule has 0 aliphatic heterocycles. The third-order valence-electron chi connectivity index (χ3n) is 2.69. The van der Waals surface area contributed by atoms with Crippen LogP contribution < -0.4 is 0 Å². The third kappa shape index (κ3) is 3.56. The van der Waals surface area contributed by atoms with Gasteiger partial charge in [-0.2, -0.15) is 0 Å². The minimum atomic E-state index is -0.470. The normalized spacial score (nSPS) is 10.9. The number of hydrogen-bond donors (Lipinski definition) is 0. The third-order valence-corrected chi connectivity index (χ3v) is 3.01. The molecular weight excluding hydrogens is 268 g/mol. The summed E-state index contributed by atoms with van der Waals surface area (Å²) in [6.45, 7) is 1.32. The molecule has 2 aromatic rings. The second-order valence-electron chi connectivity index (χ2n) is 4.35. The Labute approximate surface area is 115 Å². The largest absolute Gasteiger partial charge is 0.472 e. The zero-order valence-corrected chi connectivity index (χ0v) is 11.1. The molecule has 0 N–H and O–H groups in total. The SMILES string of the molecule is CN(Cc1ccoc1)Cc1ccc(Cl)c([N+](=O)[O-])c1. The predicted molar refractivity (Wildman–Crippen MR) is 72.0 cm³/mol.